The number of hydrogen-bond donors (Lipinski definition) is 1. The number of benzene rings is 1. The summed E-state index contributed by atoms with van der Waals surface area (Å²) in [6.07, 6.45) is 1.21. The predicted molar refractivity (Wildman–Crippen MR) is 99.9 cm³/mol. The molecule has 0 radical (unpaired) electrons. The van der Waals surface area contributed by atoms with Crippen LogP contribution < -0.4 is 19.5 Å². The van der Waals surface area contributed by atoms with Gasteiger partial charge in [-0.1, -0.05) is 15.9 Å². The fourth-order valence-corrected chi connectivity index (χ4v) is 3.28. The van der Waals surface area contributed by atoms with Crippen molar-refractivity contribution in [2.24, 2.45) is 0 Å². The normalized spacial score (nSPS) is 17.1. The zero-order valence-corrected chi connectivity index (χ0v) is 17.0. The van der Waals surface area contributed by atoms with Crippen LogP contribution in [0.1, 0.15) is 29.6 Å². The van der Waals surface area contributed by atoms with Crippen LogP contribution in [0.4, 0.5) is 0 Å². The smallest absolute Gasteiger partial charge is 0.330 e. The minimum absolute atomic E-state index is 0.267. The third-order valence-corrected chi connectivity index (χ3v) is 4.88. The highest BCUT2D eigenvalue weighted by Crippen LogP contribution is 2.38. The summed E-state index contributed by atoms with van der Waals surface area (Å²) < 4.78 is 20.5. The van der Waals surface area contributed by atoms with E-state index in [-0.39, 0.29) is 17.8 Å². The second kappa shape index (κ2) is 9.70. The first-order valence-corrected chi connectivity index (χ1v) is 9.29. The molecule has 2 rings (SSSR count). The highest BCUT2D eigenvalue weighted by molar-refractivity contribution is 9.10. The Morgan fingerprint density at radius 3 is 2.26 bits per heavy atom. The number of halogens is 1. The first-order valence-electron chi connectivity index (χ1n) is 8.37. The van der Waals surface area contributed by atoms with Gasteiger partial charge in [0.1, 0.15) is 6.04 Å². The van der Waals surface area contributed by atoms with Crippen molar-refractivity contribution in [1.82, 2.24) is 5.32 Å². The van der Waals surface area contributed by atoms with Gasteiger partial charge in [0.25, 0.3) is 0 Å². The Morgan fingerprint density at radius 1 is 1.15 bits per heavy atom. The number of esters is 2. The summed E-state index contributed by atoms with van der Waals surface area (Å²) in [5.74, 6) is -0.752. The van der Waals surface area contributed by atoms with E-state index >= 15 is 0 Å². The zero-order valence-electron chi connectivity index (χ0n) is 15.4. The van der Waals surface area contributed by atoms with Crippen LogP contribution in [0, 0.1) is 0 Å². The largest absolute Gasteiger partial charge is 0.493 e. The lowest BCUT2D eigenvalue weighted by atomic mass is 10.0. The number of alkyl halides is 1. The number of carbonyl (C=O) groups excluding carboxylic acids is 3. The number of carbonyl (C=O) groups is 3. The maximum atomic E-state index is 12.7. The monoisotopic (exact) mass is 443 g/mol. The van der Waals surface area contributed by atoms with Crippen molar-refractivity contribution in [3.63, 3.8) is 0 Å². The number of methoxy groups -OCH3 is 3. The first-order chi connectivity index (χ1) is 12.9. The van der Waals surface area contributed by atoms with Crippen LogP contribution in [0.25, 0.3) is 0 Å². The molecule has 0 aliphatic carbocycles. The summed E-state index contributed by atoms with van der Waals surface area (Å²) in [6, 6.07) is 2.53. The van der Waals surface area contributed by atoms with E-state index in [2.05, 4.69) is 21.2 Å². The van der Waals surface area contributed by atoms with Crippen molar-refractivity contribution in [1.29, 1.82) is 0 Å². The van der Waals surface area contributed by atoms with Gasteiger partial charge in [-0.05, 0) is 31.5 Å². The lowest BCUT2D eigenvalue weighted by molar-refractivity contribution is -0.160. The van der Waals surface area contributed by atoms with Gasteiger partial charge in [0, 0.05) is 5.56 Å². The van der Waals surface area contributed by atoms with Crippen molar-refractivity contribution in [2.75, 3.05) is 27.9 Å². The second-order valence-corrected chi connectivity index (χ2v) is 7.00. The zero-order chi connectivity index (χ0) is 20.0. The standard InChI is InChI=1S/C18H22BrNO7/c1-24-13-7-10(8-14(25-2)17(13)26-3)16(22)11(19)9-15(21)27-18(23)12-5-4-6-20-12/h7-8,11-12,20H,4-6,9H2,1-3H3/t11?,12-/m0/s1. The van der Waals surface area contributed by atoms with E-state index in [1.807, 2.05) is 0 Å². The third-order valence-electron chi connectivity index (χ3n) is 4.14. The quantitative estimate of drug-likeness (QED) is 0.281. The molecular formula is C18H22BrNO7. The predicted octanol–water partition coefficient (Wildman–Crippen LogP) is 1.87. The summed E-state index contributed by atoms with van der Waals surface area (Å²) in [5, 5.41) is 2.95. The van der Waals surface area contributed by atoms with Crippen LogP contribution in [0.3, 0.4) is 0 Å². The van der Waals surface area contributed by atoms with Crippen LogP contribution in [0.15, 0.2) is 12.1 Å². The van der Waals surface area contributed by atoms with Crippen LogP contribution in [-0.4, -0.2) is 56.5 Å². The Labute approximate surface area is 165 Å². The molecule has 148 valence electrons. The van der Waals surface area contributed by atoms with Gasteiger partial charge >= 0.3 is 11.9 Å². The molecular weight excluding hydrogens is 422 g/mol. The maximum Gasteiger partial charge on any atom is 0.330 e. The van der Waals surface area contributed by atoms with Crippen molar-refractivity contribution in [3.8, 4) is 17.2 Å². The minimum atomic E-state index is -0.864. The van der Waals surface area contributed by atoms with E-state index in [1.54, 1.807) is 0 Å². The average molecular weight is 444 g/mol. The number of ether oxygens (including phenoxy) is 4. The molecule has 1 aromatic carbocycles. The molecule has 1 aromatic rings. The molecule has 1 aliphatic rings. The lowest BCUT2D eigenvalue weighted by Crippen LogP contribution is -2.34. The van der Waals surface area contributed by atoms with Gasteiger partial charge in [0.15, 0.2) is 17.3 Å². The summed E-state index contributed by atoms with van der Waals surface area (Å²) in [5.41, 5.74) is 0.267. The third kappa shape index (κ3) is 5.20. The van der Waals surface area contributed by atoms with Gasteiger partial charge < -0.3 is 24.3 Å². The minimum Gasteiger partial charge on any atom is -0.493 e. The Hall–Kier alpha value is -2.13. The molecule has 0 aromatic heterocycles. The van der Waals surface area contributed by atoms with E-state index in [1.165, 1.54) is 33.5 Å². The molecule has 2 atom stereocenters. The van der Waals surface area contributed by atoms with E-state index in [0.717, 1.165) is 6.42 Å². The van der Waals surface area contributed by atoms with E-state index in [9.17, 15) is 14.4 Å². The Kier molecular flexibility index (Phi) is 7.61. The fraction of sp³-hybridized carbons (Fsp3) is 0.500. The van der Waals surface area contributed by atoms with Gasteiger partial charge in [0.05, 0.1) is 32.6 Å². The number of nitrogens with one attached hydrogen (secondary N) is 1. The van der Waals surface area contributed by atoms with Gasteiger partial charge in [-0.15, -0.1) is 0 Å². The molecule has 27 heavy (non-hydrogen) atoms. The number of hydrogen-bond acceptors (Lipinski definition) is 8. The van der Waals surface area contributed by atoms with Crippen molar-refractivity contribution in [2.45, 2.75) is 30.1 Å². The Morgan fingerprint density at radius 2 is 1.78 bits per heavy atom. The molecule has 1 heterocycles. The summed E-state index contributed by atoms with van der Waals surface area (Å²) >= 11 is 3.19. The topological polar surface area (TPSA) is 100 Å². The molecule has 1 unspecified atom stereocenters. The van der Waals surface area contributed by atoms with Crippen LogP contribution in [-0.2, 0) is 14.3 Å². The summed E-state index contributed by atoms with van der Waals surface area (Å²) in [7, 11) is 4.34. The summed E-state index contributed by atoms with van der Waals surface area (Å²) in [6.45, 7) is 0.717. The van der Waals surface area contributed by atoms with Crippen LogP contribution in [0.2, 0.25) is 0 Å². The van der Waals surface area contributed by atoms with Crippen molar-refractivity contribution < 1.29 is 33.3 Å². The first kappa shape index (κ1) is 21.2. The molecule has 1 fully saturated rings. The number of rotatable bonds is 8. The Bertz CT molecular complexity index is 691. The number of Topliss-reactive ketones (excluding diaryl/α,β-unsaturated/α-hetero) is 1. The molecule has 0 spiro atoms. The second-order valence-electron chi connectivity index (χ2n) is 5.89. The van der Waals surface area contributed by atoms with Gasteiger partial charge in [0.2, 0.25) is 5.75 Å². The molecule has 9 heteroatoms. The molecule has 1 N–H and O–H groups in total. The fourth-order valence-electron chi connectivity index (χ4n) is 2.75. The Balaban J connectivity index is 2.05. The highest BCUT2D eigenvalue weighted by atomic mass is 79.9. The highest BCUT2D eigenvalue weighted by Gasteiger charge is 2.28. The molecule has 1 saturated heterocycles. The SMILES string of the molecule is COc1cc(C(=O)C(Br)CC(=O)OC(=O)[C@@H]2CCCN2)cc(OC)c1OC. The average Bonchev–Trinajstić information content (AvgIpc) is 3.20. The number of ketones is 1. The van der Waals surface area contributed by atoms with Crippen molar-refractivity contribution >= 4 is 33.7 Å². The maximum absolute atomic E-state index is 12.7. The van der Waals surface area contributed by atoms with Gasteiger partial charge in [-0.3, -0.25) is 9.59 Å². The van der Waals surface area contributed by atoms with E-state index < -0.39 is 22.8 Å². The van der Waals surface area contributed by atoms with Crippen molar-refractivity contribution in [3.05, 3.63) is 17.7 Å². The van der Waals surface area contributed by atoms with Crippen LogP contribution in [0.5, 0.6) is 17.2 Å². The van der Waals surface area contributed by atoms with Gasteiger partial charge in [-0.25, -0.2) is 4.79 Å². The molecule has 0 bridgehead atoms. The van der Waals surface area contributed by atoms with E-state index in [4.69, 9.17) is 18.9 Å². The van der Waals surface area contributed by atoms with E-state index in [0.29, 0.717) is 30.2 Å². The lowest BCUT2D eigenvalue weighted by Gasteiger charge is -2.15. The molecule has 0 amide bonds. The molecule has 0 saturated carbocycles. The van der Waals surface area contributed by atoms with Crippen LogP contribution >= 0.6 is 15.9 Å². The molecule has 1 aliphatic heterocycles. The van der Waals surface area contributed by atoms with Gasteiger partial charge in [-0.2, -0.15) is 0 Å². The summed E-state index contributed by atoms with van der Waals surface area (Å²) in [4.78, 5) is 35.6. The molecule has 8 nitrogen and oxygen atoms in total.